The zero-order chi connectivity index (χ0) is 13.0. The SMILES string of the molecule is N#Cc1ccc(C(=O)Nc2ccccc2I)nc1. The van der Waals surface area contributed by atoms with E-state index in [-0.39, 0.29) is 11.6 Å². The lowest BCUT2D eigenvalue weighted by molar-refractivity contribution is 0.102. The summed E-state index contributed by atoms with van der Waals surface area (Å²) in [5.41, 5.74) is 1.46. The summed E-state index contributed by atoms with van der Waals surface area (Å²) in [4.78, 5) is 15.8. The van der Waals surface area contributed by atoms with E-state index in [9.17, 15) is 4.79 Å². The summed E-state index contributed by atoms with van der Waals surface area (Å²) in [5.74, 6) is -0.288. The molecule has 18 heavy (non-hydrogen) atoms. The second-order valence-corrected chi connectivity index (χ2v) is 4.64. The Kier molecular flexibility index (Phi) is 3.89. The molecule has 0 aliphatic heterocycles. The van der Waals surface area contributed by atoms with Crippen molar-refractivity contribution in [3.8, 4) is 6.07 Å². The molecule has 1 N–H and O–H groups in total. The molecule has 88 valence electrons. The molecular weight excluding hydrogens is 341 g/mol. The first-order valence-corrected chi connectivity index (χ1v) is 6.20. The van der Waals surface area contributed by atoms with Crippen LogP contribution in [0.3, 0.4) is 0 Å². The lowest BCUT2D eigenvalue weighted by atomic mass is 10.2. The topological polar surface area (TPSA) is 65.8 Å². The van der Waals surface area contributed by atoms with Gasteiger partial charge in [0.25, 0.3) is 5.91 Å². The fraction of sp³-hybridized carbons (Fsp3) is 0. The van der Waals surface area contributed by atoms with E-state index in [2.05, 4.69) is 32.9 Å². The Labute approximate surface area is 118 Å². The molecule has 0 saturated carbocycles. The van der Waals surface area contributed by atoms with Crippen LogP contribution in [-0.4, -0.2) is 10.9 Å². The Balaban J connectivity index is 2.17. The minimum absolute atomic E-state index is 0.286. The van der Waals surface area contributed by atoms with Crippen molar-refractivity contribution in [1.82, 2.24) is 4.98 Å². The fourth-order valence-corrected chi connectivity index (χ4v) is 1.87. The highest BCUT2D eigenvalue weighted by Crippen LogP contribution is 2.17. The number of hydrogen-bond acceptors (Lipinski definition) is 3. The molecule has 0 unspecified atom stereocenters. The lowest BCUT2D eigenvalue weighted by Gasteiger charge is -2.06. The van der Waals surface area contributed by atoms with Gasteiger partial charge in [0, 0.05) is 9.77 Å². The molecule has 2 rings (SSSR count). The predicted molar refractivity (Wildman–Crippen MR) is 76.1 cm³/mol. The number of nitrogens with one attached hydrogen (secondary N) is 1. The molecule has 0 atom stereocenters. The molecule has 1 aromatic carbocycles. The molecule has 0 spiro atoms. The molecular formula is C13H8IN3O. The number of anilines is 1. The summed E-state index contributed by atoms with van der Waals surface area (Å²) in [6, 6.07) is 12.5. The third-order valence-corrected chi connectivity index (χ3v) is 3.19. The van der Waals surface area contributed by atoms with Gasteiger partial charge in [-0.15, -0.1) is 0 Å². The van der Waals surface area contributed by atoms with Crippen LogP contribution in [0.5, 0.6) is 0 Å². The van der Waals surface area contributed by atoms with Crippen molar-refractivity contribution in [3.63, 3.8) is 0 Å². The van der Waals surface area contributed by atoms with Crippen LogP contribution in [0.1, 0.15) is 16.1 Å². The van der Waals surface area contributed by atoms with E-state index in [0.717, 1.165) is 9.26 Å². The van der Waals surface area contributed by atoms with E-state index >= 15 is 0 Å². The minimum atomic E-state index is -0.288. The van der Waals surface area contributed by atoms with Crippen LogP contribution in [0, 0.1) is 14.9 Å². The highest BCUT2D eigenvalue weighted by Gasteiger charge is 2.08. The van der Waals surface area contributed by atoms with E-state index in [1.165, 1.54) is 12.3 Å². The molecule has 0 fully saturated rings. The molecule has 0 radical (unpaired) electrons. The van der Waals surface area contributed by atoms with Crippen LogP contribution >= 0.6 is 22.6 Å². The number of halogens is 1. The van der Waals surface area contributed by atoms with Gasteiger partial charge in [0.2, 0.25) is 0 Å². The van der Waals surface area contributed by atoms with Crippen molar-refractivity contribution in [2.75, 3.05) is 5.32 Å². The van der Waals surface area contributed by atoms with E-state index < -0.39 is 0 Å². The first-order valence-electron chi connectivity index (χ1n) is 5.13. The van der Waals surface area contributed by atoms with Gasteiger partial charge in [-0.1, -0.05) is 12.1 Å². The molecule has 1 amide bonds. The summed E-state index contributed by atoms with van der Waals surface area (Å²) >= 11 is 2.15. The standard InChI is InChI=1S/C13H8IN3O/c14-10-3-1-2-4-11(10)17-13(18)12-6-5-9(7-15)8-16-12/h1-6,8H,(H,17,18). The second kappa shape index (κ2) is 5.60. The van der Waals surface area contributed by atoms with Gasteiger partial charge < -0.3 is 5.32 Å². The Morgan fingerprint density at radius 3 is 2.67 bits per heavy atom. The number of pyridine rings is 1. The number of carbonyl (C=O) groups is 1. The average Bonchev–Trinajstić information content (AvgIpc) is 2.41. The van der Waals surface area contributed by atoms with Crippen molar-refractivity contribution < 1.29 is 4.79 Å². The number of aromatic nitrogens is 1. The minimum Gasteiger partial charge on any atom is -0.320 e. The van der Waals surface area contributed by atoms with Gasteiger partial charge >= 0.3 is 0 Å². The first kappa shape index (κ1) is 12.5. The zero-order valence-corrected chi connectivity index (χ0v) is 11.4. The number of amides is 1. The molecule has 2 aromatic rings. The van der Waals surface area contributed by atoms with Crippen molar-refractivity contribution in [2.24, 2.45) is 0 Å². The molecule has 4 nitrogen and oxygen atoms in total. The lowest BCUT2D eigenvalue weighted by Crippen LogP contribution is -2.14. The number of hydrogen-bond donors (Lipinski definition) is 1. The smallest absolute Gasteiger partial charge is 0.274 e. The maximum absolute atomic E-state index is 11.9. The van der Waals surface area contributed by atoms with E-state index in [1.54, 1.807) is 6.07 Å². The summed E-state index contributed by atoms with van der Waals surface area (Å²) in [6.45, 7) is 0. The number of benzene rings is 1. The van der Waals surface area contributed by atoms with Gasteiger partial charge in [-0.25, -0.2) is 4.98 Å². The maximum Gasteiger partial charge on any atom is 0.274 e. The van der Waals surface area contributed by atoms with Crippen molar-refractivity contribution >= 4 is 34.2 Å². The average molecular weight is 349 g/mol. The molecule has 5 heteroatoms. The summed E-state index contributed by atoms with van der Waals surface area (Å²) in [6.07, 6.45) is 1.38. The molecule has 0 saturated heterocycles. The van der Waals surface area contributed by atoms with Gasteiger partial charge in [0.1, 0.15) is 11.8 Å². The monoisotopic (exact) mass is 349 g/mol. The Hall–Kier alpha value is -1.94. The number of carbonyl (C=O) groups excluding carboxylic acids is 1. The third-order valence-electron chi connectivity index (χ3n) is 2.25. The summed E-state index contributed by atoms with van der Waals surface area (Å²) in [7, 11) is 0. The number of rotatable bonds is 2. The van der Waals surface area contributed by atoms with Gasteiger partial charge in [0.15, 0.2) is 0 Å². The number of nitrogens with zero attached hydrogens (tertiary/aromatic N) is 2. The summed E-state index contributed by atoms with van der Waals surface area (Å²) < 4.78 is 0.956. The predicted octanol–water partition coefficient (Wildman–Crippen LogP) is 2.81. The van der Waals surface area contributed by atoms with Crippen LogP contribution in [-0.2, 0) is 0 Å². The second-order valence-electron chi connectivity index (χ2n) is 3.48. The van der Waals surface area contributed by atoms with Gasteiger partial charge in [-0.05, 0) is 46.9 Å². The summed E-state index contributed by atoms with van der Waals surface area (Å²) in [5, 5.41) is 11.4. The first-order chi connectivity index (χ1) is 8.70. The van der Waals surface area contributed by atoms with Crippen LogP contribution in [0.15, 0.2) is 42.6 Å². The largest absolute Gasteiger partial charge is 0.320 e. The van der Waals surface area contributed by atoms with E-state index in [4.69, 9.17) is 5.26 Å². The Bertz CT molecular complexity index is 617. The van der Waals surface area contributed by atoms with Crippen molar-refractivity contribution in [2.45, 2.75) is 0 Å². The van der Waals surface area contributed by atoms with Crippen molar-refractivity contribution in [1.29, 1.82) is 5.26 Å². The van der Waals surface area contributed by atoms with Crippen molar-refractivity contribution in [3.05, 3.63) is 57.4 Å². The number of nitriles is 1. The maximum atomic E-state index is 11.9. The normalized spacial score (nSPS) is 9.56. The highest BCUT2D eigenvalue weighted by molar-refractivity contribution is 14.1. The zero-order valence-electron chi connectivity index (χ0n) is 9.22. The van der Waals surface area contributed by atoms with Crippen LogP contribution in [0.2, 0.25) is 0 Å². The number of para-hydroxylation sites is 1. The van der Waals surface area contributed by atoms with Crippen LogP contribution in [0.4, 0.5) is 5.69 Å². The van der Waals surface area contributed by atoms with Gasteiger partial charge in [0.05, 0.1) is 11.3 Å². The fourth-order valence-electron chi connectivity index (χ4n) is 1.34. The van der Waals surface area contributed by atoms with E-state index in [0.29, 0.717) is 5.56 Å². The Morgan fingerprint density at radius 2 is 2.06 bits per heavy atom. The highest BCUT2D eigenvalue weighted by atomic mass is 127. The van der Waals surface area contributed by atoms with Gasteiger partial charge in [-0.2, -0.15) is 5.26 Å². The van der Waals surface area contributed by atoms with Crippen LogP contribution in [0.25, 0.3) is 0 Å². The Morgan fingerprint density at radius 1 is 1.28 bits per heavy atom. The molecule has 0 aliphatic rings. The molecule has 1 heterocycles. The molecule has 0 bridgehead atoms. The van der Waals surface area contributed by atoms with Crippen LogP contribution < -0.4 is 5.32 Å². The molecule has 1 aromatic heterocycles. The van der Waals surface area contributed by atoms with E-state index in [1.807, 2.05) is 30.3 Å². The molecule has 0 aliphatic carbocycles. The third kappa shape index (κ3) is 2.84. The quantitative estimate of drug-likeness (QED) is 0.848. The van der Waals surface area contributed by atoms with Gasteiger partial charge in [-0.3, -0.25) is 4.79 Å².